The Morgan fingerprint density at radius 3 is 2.62 bits per heavy atom. The van der Waals surface area contributed by atoms with E-state index in [1.54, 1.807) is 12.1 Å². The number of rotatable bonds is 7. The first-order valence-corrected chi connectivity index (χ1v) is 10.8. The van der Waals surface area contributed by atoms with E-state index in [9.17, 15) is 9.90 Å². The number of nitrogens with zero attached hydrogens (tertiary/aromatic N) is 2. The Morgan fingerprint density at radius 2 is 1.97 bits per heavy atom. The number of aromatic nitrogens is 2. The van der Waals surface area contributed by atoms with Crippen LogP contribution in [-0.2, 0) is 6.42 Å². The normalized spacial score (nSPS) is 11.1. The third kappa shape index (κ3) is 5.39. The predicted molar refractivity (Wildman–Crippen MR) is 120 cm³/mol. The van der Waals surface area contributed by atoms with Gasteiger partial charge in [0.1, 0.15) is 11.4 Å². The lowest BCUT2D eigenvalue weighted by Gasteiger charge is -2.06. The van der Waals surface area contributed by atoms with Gasteiger partial charge in [-0.05, 0) is 37.0 Å². The highest BCUT2D eigenvalue weighted by molar-refractivity contribution is 7.16. The summed E-state index contributed by atoms with van der Waals surface area (Å²) in [5, 5.41) is 14.2. The van der Waals surface area contributed by atoms with Crippen LogP contribution < -0.4 is 5.32 Å². The fourth-order valence-electron chi connectivity index (χ4n) is 2.67. The van der Waals surface area contributed by atoms with E-state index in [1.807, 2.05) is 6.07 Å². The number of hydrogen-bond donors (Lipinski definition) is 2. The second-order valence-corrected chi connectivity index (χ2v) is 9.17. The number of aryl methyl sites for hydroxylation is 1. The molecular formula is C20H18Cl3N3O2S. The molecule has 3 rings (SSSR count). The van der Waals surface area contributed by atoms with E-state index in [2.05, 4.69) is 29.1 Å². The first-order valence-electron chi connectivity index (χ1n) is 8.85. The third-order valence-corrected chi connectivity index (χ3v) is 6.13. The predicted octanol–water partition coefficient (Wildman–Crippen LogP) is 7.20. The number of pyridine rings is 1. The van der Waals surface area contributed by atoms with Crippen molar-refractivity contribution in [3.63, 3.8) is 0 Å². The molecule has 0 spiro atoms. The monoisotopic (exact) mass is 469 g/mol. The summed E-state index contributed by atoms with van der Waals surface area (Å²) in [6.07, 6.45) is 3.23. The Bertz CT molecular complexity index is 1050. The molecule has 29 heavy (non-hydrogen) atoms. The van der Waals surface area contributed by atoms with Crippen molar-refractivity contribution in [2.75, 3.05) is 5.32 Å². The molecule has 2 heterocycles. The molecule has 0 saturated heterocycles. The standard InChI is InChI=1S/C20H18Cl3N3O2S/c1-10(2)3-6-16-17(11-4-5-14(22)15(23)7-11)25-20(29-16)26-18-13(19(27)28)8-12(21)9-24-18/h4-5,7-10H,3,6H2,1-2H3,(H,27,28)(H,24,25,26). The molecule has 0 amide bonds. The molecule has 5 nitrogen and oxygen atoms in total. The van der Waals surface area contributed by atoms with Crippen molar-refractivity contribution in [1.29, 1.82) is 0 Å². The van der Waals surface area contributed by atoms with Gasteiger partial charge in [-0.2, -0.15) is 0 Å². The minimum Gasteiger partial charge on any atom is -0.478 e. The van der Waals surface area contributed by atoms with Crippen LogP contribution in [0.25, 0.3) is 11.3 Å². The molecule has 0 saturated carbocycles. The second-order valence-electron chi connectivity index (χ2n) is 6.83. The highest BCUT2D eigenvalue weighted by Gasteiger charge is 2.18. The maximum atomic E-state index is 11.5. The molecule has 0 aliphatic heterocycles. The number of carbonyl (C=O) groups is 1. The molecule has 152 valence electrons. The van der Waals surface area contributed by atoms with Gasteiger partial charge in [-0.25, -0.2) is 14.8 Å². The van der Waals surface area contributed by atoms with Gasteiger partial charge < -0.3 is 10.4 Å². The Labute approximate surface area is 187 Å². The molecule has 2 aromatic heterocycles. The third-order valence-electron chi connectivity index (χ3n) is 4.15. The van der Waals surface area contributed by atoms with E-state index in [4.69, 9.17) is 34.8 Å². The lowest BCUT2D eigenvalue weighted by molar-refractivity contribution is 0.0697. The van der Waals surface area contributed by atoms with Gasteiger partial charge >= 0.3 is 5.97 Å². The second kappa shape index (κ2) is 9.30. The van der Waals surface area contributed by atoms with E-state index < -0.39 is 5.97 Å². The van der Waals surface area contributed by atoms with Crippen LogP contribution in [0, 0.1) is 5.92 Å². The molecule has 0 bridgehead atoms. The number of anilines is 2. The van der Waals surface area contributed by atoms with E-state index in [1.165, 1.54) is 23.6 Å². The van der Waals surface area contributed by atoms with E-state index in [0.29, 0.717) is 21.1 Å². The summed E-state index contributed by atoms with van der Waals surface area (Å²) in [5.74, 6) is -0.401. The summed E-state index contributed by atoms with van der Waals surface area (Å²) in [6.45, 7) is 4.32. The van der Waals surface area contributed by atoms with Crippen molar-refractivity contribution in [3.05, 3.63) is 56.0 Å². The van der Waals surface area contributed by atoms with Crippen LogP contribution in [-0.4, -0.2) is 21.0 Å². The number of halogens is 3. The molecule has 3 aromatic rings. The first kappa shape index (κ1) is 21.8. The SMILES string of the molecule is CC(C)CCc1sc(Nc2ncc(Cl)cc2C(=O)O)nc1-c1ccc(Cl)c(Cl)c1. The smallest absolute Gasteiger partial charge is 0.339 e. The molecule has 0 aliphatic carbocycles. The van der Waals surface area contributed by atoms with Crippen LogP contribution in [0.15, 0.2) is 30.5 Å². The molecular weight excluding hydrogens is 453 g/mol. The minimum absolute atomic E-state index is 0.0208. The lowest BCUT2D eigenvalue weighted by atomic mass is 10.0. The van der Waals surface area contributed by atoms with Gasteiger partial charge in [0, 0.05) is 16.6 Å². The summed E-state index contributed by atoms with van der Waals surface area (Å²) >= 11 is 19.6. The van der Waals surface area contributed by atoms with Gasteiger partial charge in [0.05, 0.1) is 20.8 Å². The molecule has 0 radical (unpaired) electrons. The number of benzene rings is 1. The Hall–Kier alpha value is -1.86. The van der Waals surface area contributed by atoms with Gasteiger partial charge in [0.25, 0.3) is 0 Å². The molecule has 9 heteroatoms. The maximum Gasteiger partial charge on any atom is 0.339 e. The summed E-state index contributed by atoms with van der Waals surface area (Å²) in [5.41, 5.74) is 1.63. The topological polar surface area (TPSA) is 75.1 Å². The molecule has 0 unspecified atom stereocenters. The zero-order valence-electron chi connectivity index (χ0n) is 15.7. The summed E-state index contributed by atoms with van der Waals surface area (Å²) in [6, 6.07) is 6.74. The average molecular weight is 471 g/mol. The van der Waals surface area contributed by atoms with Gasteiger partial charge in [-0.1, -0.05) is 54.7 Å². The van der Waals surface area contributed by atoms with E-state index >= 15 is 0 Å². The summed E-state index contributed by atoms with van der Waals surface area (Å²) in [4.78, 5) is 21.4. The summed E-state index contributed by atoms with van der Waals surface area (Å²) < 4.78 is 0. The quantitative estimate of drug-likeness (QED) is 0.382. The van der Waals surface area contributed by atoms with Crippen molar-refractivity contribution < 1.29 is 9.90 Å². The van der Waals surface area contributed by atoms with Crippen LogP contribution in [0.5, 0.6) is 0 Å². The van der Waals surface area contributed by atoms with Crippen molar-refractivity contribution in [2.45, 2.75) is 26.7 Å². The van der Waals surface area contributed by atoms with Crippen LogP contribution in [0.1, 0.15) is 35.5 Å². The molecule has 1 aromatic carbocycles. The highest BCUT2D eigenvalue weighted by atomic mass is 35.5. The number of hydrogen-bond acceptors (Lipinski definition) is 5. The fraction of sp³-hybridized carbons (Fsp3) is 0.250. The van der Waals surface area contributed by atoms with Crippen LogP contribution in [0.3, 0.4) is 0 Å². The first-order chi connectivity index (χ1) is 13.7. The van der Waals surface area contributed by atoms with E-state index in [-0.39, 0.29) is 16.4 Å². The van der Waals surface area contributed by atoms with Crippen LogP contribution in [0.2, 0.25) is 15.1 Å². The zero-order chi connectivity index (χ0) is 21.1. The molecule has 0 fully saturated rings. The Kier molecular flexibility index (Phi) is 7.01. The fourth-order valence-corrected chi connectivity index (χ4v) is 4.12. The summed E-state index contributed by atoms with van der Waals surface area (Å²) in [7, 11) is 0. The van der Waals surface area contributed by atoms with Crippen molar-refractivity contribution in [1.82, 2.24) is 9.97 Å². The molecule has 2 N–H and O–H groups in total. The number of aromatic carboxylic acids is 1. The van der Waals surface area contributed by atoms with Gasteiger partial charge in [-0.3, -0.25) is 0 Å². The number of thiazole rings is 1. The number of carboxylic acid groups (broad SMARTS) is 1. The number of nitrogens with one attached hydrogen (secondary N) is 1. The van der Waals surface area contributed by atoms with Gasteiger partial charge in [-0.15, -0.1) is 11.3 Å². The zero-order valence-corrected chi connectivity index (χ0v) is 18.8. The lowest BCUT2D eigenvalue weighted by Crippen LogP contribution is -2.04. The van der Waals surface area contributed by atoms with Crippen LogP contribution >= 0.6 is 46.1 Å². The largest absolute Gasteiger partial charge is 0.478 e. The number of carboxylic acids is 1. The average Bonchev–Trinajstić information content (AvgIpc) is 3.06. The van der Waals surface area contributed by atoms with Crippen molar-refractivity contribution in [2.24, 2.45) is 5.92 Å². The molecule has 0 atom stereocenters. The maximum absolute atomic E-state index is 11.5. The van der Waals surface area contributed by atoms with Gasteiger partial charge in [0.2, 0.25) is 0 Å². The van der Waals surface area contributed by atoms with E-state index in [0.717, 1.165) is 29.0 Å². The Morgan fingerprint density at radius 1 is 1.21 bits per heavy atom. The molecule has 0 aliphatic rings. The van der Waals surface area contributed by atoms with Crippen molar-refractivity contribution >= 4 is 63.1 Å². The van der Waals surface area contributed by atoms with Gasteiger partial charge in [0.15, 0.2) is 5.13 Å². The minimum atomic E-state index is -1.12. The van der Waals surface area contributed by atoms with Crippen molar-refractivity contribution in [3.8, 4) is 11.3 Å². The Balaban J connectivity index is 2.00. The highest BCUT2D eigenvalue weighted by Crippen LogP contribution is 2.36. The van der Waals surface area contributed by atoms with Crippen LogP contribution in [0.4, 0.5) is 10.9 Å².